The third kappa shape index (κ3) is 2.63. The maximum absolute atomic E-state index is 12.2. The molecule has 10 heteroatoms. The highest BCUT2D eigenvalue weighted by atomic mass is 16.6. The minimum atomic E-state index is -0.880. The molecule has 120 valence electrons. The van der Waals surface area contributed by atoms with Crippen LogP contribution in [-0.4, -0.2) is 36.0 Å². The van der Waals surface area contributed by atoms with Crippen LogP contribution in [0.25, 0.3) is 11.5 Å². The Kier molecular flexibility index (Phi) is 3.62. The SMILES string of the molecule is O=C(c1cccnc1)c1noc(-c2cc(O)c(O)c([N+](=O)[O-])c2)n1. The Labute approximate surface area is 133 Å². The van der Waals surface area contributed by atoms with Crippen molar-refractivity contribution in [3.05, 3.63) is 58.2 Å². The summed E-state index contributed by atoms with van der Waals surface area (Å²) >= 11 is 0. The number of pyridine rings is 1. The van der Waals surface area contributed by atoms with Gasteiger partial charge in [-0.1, -0.05) is 5.16 Å². The minimum Gasteiger partial charge on any atom is -0.504 e. The van der Waals surface area contributed by atoms with Gasteiger partial charge < -0.3 is 14.7 Å². The zero-order valence-electron chi connectivity index (χ0n) is 11.8. The van der Waals surface area contributed by atoms with Gasteiger partial charge in [0.15, 0.2) is 5.75 Å². The lowest BCUT2D eigenvalue weighted by atomic mass is 10.1. The van der Waals surface area contributed by atoms with Crippen LogP contribution in [0.5, 0.6) is 11.5 Å². The number of aromatic nitrogens is 3. The molecule has 2 heterocycles. The molecule has 0 bridgehead atoms. The average Bonchev–Trinajstić information content (AvgIpc) is 3.07. The fourth-order valence-corrected chi connectivity index (χ4v) is 1.93. The number of nitro benzene ring substituents is 1. The van der Waals surface area contributed by atoms with Crippen molar-refractivity contribution in [3.63, 3.8) is 0 Å². The second-order valence-electron chi connectivity index (χ2n) is 4.61. The van der Waals surface area contributed by atoms with E-state index in [-0.39, 0.29) is 22.8 Å². The van der Waals surface area contributed by atoms with E-state index in [1.165, 1.54) is 18.5 Å². The molecular weight excluding hydrogens is 320 g/mol. The predicted molar refractivity (Wildman–Crippen MR) is 77.4 cm³/mol. The first-order valence-electron chi connectivity index (χ1n) is 6.46. The number of rotatable bonds is 4. The topological polar surface area (TPSA) is 152 Å². The van der Waals surface area contributed by atoms with Crippen molar-refractivity contribution in [3.8, 4) is 23.0 Å². The second-order valence-corrected chi connectivity index (χ2v) is 4.61. The van der Waals surface area contributed by atoms with Gasteiger partial charge in [0.2, 0.25) is 17.4 Å². The van der Waals surface area contributed by atoms with Gasteiger partial charge >= 0.3 is 5.69 Å². The molecule has 0 aliphatic carbocycles. The summed E-state index contributed by atoms with van der Waals surface area (Å²) in [6.07, 6.45) is 2.83. The lowest BCUT2D eigenvalue weighted by molar-refractivity contribution is -0.385. The van der Waals surface area contributed by atoms with Gasteiger partial charge in [0, 0.05) is 24.0 Å². The van der Waals surface area contributed by atoms with Crippen LogP contribution in [0.15, 0.2) is 41.2 Å². The van der Waals surface area contributed by atoms with Crippen molar-refractivity contribution < 1.29 is 24.5 Å². The molecular formula is C14H8N4O6. The Hall–Kier alpha value is -3.82. The zero-order chi connectivity index (χ0) is 17.3. The molecule has 24 heavy (non-hydrogen) atoms. The van der Waals surface area contributed by atoms with Crippen LogP contribution in [0, 0.1) is 10.1 Å². The average molecular weight is 328 g/mol. The van der Waals surface area contributed by atoms with Crippen LogP contribution in [0.1, 0.15) is 16.2 Å². The van der Waals surface area contributed by atoms with Gasteiger partial charge in [-0.25, -0.2) is 0 Å². The first-order chi connectivity index (χ1) is 11.5. The van der Waals surface area contributed by atoms with Crippen molar-refractivity contribution >= 4 is 11.5 Å². The lowest BCUT2D eigenvalue weighted by Crippen LogP contribution is -2.03. The van der Waals surface area contributed by atoms with Gasteiger partial charge in [-0.2, -0.15) is 4.98 Å². The highest BCUT2D eigenvalue weighted by Crippen LogP contribution is 2.38. The molecule has 3 rings (SSSR count). The molecule has 2 aromatic heterocycles. The van der Waals surface area contributed by atoms with E-state index in [2.05, 4.69) is 15.1 Å². The molecule has 0 aliphatic heterocycles. The van der Waals surface area contributed by atoms with E-state index in [0.717, 1.165) is 12.1 Å². The molecule has 0 fully saturated rings. The highest BCUT2D eigenvalue weighted by molar-refractivity contribution is 6.06. The number of carbonyl (C=O) groups excluding carboxylic acids is 1. The molecule has 0 saturated carbocycles. The standard InChI is InChI=1S/C14H8N4O6/c19-10-5-8(4-9(12(10)21)18(22)23)14-16-13(17-24-14)11(20)7-2-1-3-15-6-7/h1-6,19,21H. The quantitative estimate of drug-likeness (QED) is 0.315. The summed E-state index contributed by atoms with van der Waals surface area (Å²) in [5.41, 5.74) is -0.512. The summed E-state index contributed by atoms with van der Waals surface area (Å²) in [6.45, 7) is 0. The Morgan fingerprint density at radius 1 is 1.29 bits per heavy atom. The van der Waals surface area contributed by atoms with E-state index >= 15 is 0 Å². The van der Waals surface area contributed by atoms with Crippen molar-refractivity contribution in [2.24, 2.45) is 0 Å². The fraction of sp³-hybridized carbons (Fsp3) is 0. The summed E-state index contributed by atoms with van der Waals surface area (Å²) in [5, 5.41) is 33.4. The Morgan fingerprint density at radius 2 is 2.08 bits per heavy atom. The Morgan fingerprint density at radius 3 is 2.75 bits per heavy atom. The van der Waals surface area contributed by atoms with E-state index in [4.69, 9.17) is 4.52 Å². The van der Waals surface area contributed by atoms with Gasteiger partial charge in [-0.05, 0) is 18.2 Å². The number of hydrogen-bond donors (Lipinski definition) is 2. The molecule has 10 nitrogen and oxygen atoms in total. The maximum atomic E-state index is 12.2. The largest absolute Gasteiger partial charge is 0.504 e. The number of hydrogen-bond acceptors (Lipinski definition) is 9. The highest BCUT2D eigenvalue weighted by Gasteiger charge is 2.23. The summed E-state index contributed by atoms with van der Waals surface area (Å²) < 4.78 is 4.91. The molecule has 0 atom stereocenters. The van der Waals surface area contributed by atoms with Gasteiger partial charge in [0.05, 0.1) is 10.5 Å². The van der Waals surface area contributed by atoms with Crippen LogP contribution in [0.2, 0.25) is 0 Å². The normalized spacial score (nSPS) is 10.5. The third-order valence-electron chi connectivity index (χ3n) is 3.07. The molecule has 0 aliphatic rings. The number of ketones is 1. The van der Waals surface area contributed by atoms with Gasteiger partial charge in [-0.15, -0.1) is 0 Å². The molecule has 0 unspecified atom stereocenters. The lowest BCUT2D eigenvalue weighted by Gasteiger charge is -2.01. The smallest absolute Gasteiger partial charge is 0.315 e. The van der Waals surface area contributed by atoms with E-state index in [9.17, 15) is 25.1 Å². The first kappa shape index (κ1) is 15.1. The van der Waals surface area contributed by atoms with Crippen molar-refractivity contribution in [1.29, 1.82) is 0 Å². The first-order valence-corrected chi connectivity index (χ1v) is 6.46. The van der Waals surface area contributed by atoms with Crippen LogP contribution < -0.4 is 0 Å². The molecule has 1 aromatic carbocycles. The summed E-state index contributed by atoms with van der Waals surface area (Å²) in [5.74, 6) is -2.64. The van der Waals surface area contributed by atoms with Crippen LogP contribution in [0.3, 0.4) is 0 Å². The number of benzene rings is 1. The van der Waals surface area contributed by atoms with Gasteiger partial charge in [0.25, 0.3) is 5.89 Å². The van der Waals surface area contributed by atoms with E-state index < -0.39 is 27.9 Å². The third-order valence-corrected chi connectivity index (χ3v) is 3.07. The number of nitro groups is 1. The van der Waals surface area contributed by atoms with Crippen molar-refractivity contribution in [2.45, 2.75) is 0 Å². The Bertz CT molecular complexity index is 938. The van der Waals surface area contributed by atoms with Crippen molar-refractivity contribution in [2.75, 3.05) is 0 Å². The number of nitrogens with zero attached hydrogens (tertiary/aromatic N) is 4. The van der Waals surface area contributed by atoms with Crippen LogP contribution in [-0.2, 0) is 0 Å². The fourth-order valence-electron chi connectivity index (χ4n) is 1.93. The predicted octanol–water partition coefficient (Wildman–Crippen LogP) is 1.68. The summed E-state index contributed by atoms with van der Waals surface area (Å²) in [6, 6.07) is 5.03. The van der Waals surface area contributed by atoms with Gasteiger partial charge in [0.1, 0.15) is 0 Å². The molecule has 0 spiro atoms. The van der Waals surface area contributed by atoms with E-state index in [0.29, 0.717) is 0 Å². The van der Waals surface area contributed by atoms with E-state index in [1.54, 1.807) is 6.07 Å². The maximum Gasteiger partial charge on any atom is 0.315 e. The monoisotopic (exact) mass is 328 g/mol. The Balaban J connectivity index is 2.00. The number of phenols is 2. The summed E-state index contributed by atoms with van der Waals surface area (Å²) in [4.78, 5) is 29.8. The molecule has 0 saturated heterocycles. The number of carbonyl (C=O) groups is 1. The van der Waals surface area contributed by atoms with Crippen molar-refractivity contribution in [1.82, 2.24) is 15.1 Å². The second kappa shape index (κ2) is 5.76. The van der Waals surface area contributed by atoms with Crippen LogP contribution >= 0.6 is 0 Å². The van der Waals surface area contributed by atoms with E-state index in [1.807, 2.05) is 0 Å². The molecule has 3 aromatic rings. The number of phenolic OH excluding ortho intramolecular Hbond substituents is 2. The molecule has 0 amide bonds. The van der Waals surface area contributed by atoms with Crippen LogP contribution in [0.4, 0.5) is 5.69 Å². The van der Waals surface area contributed by atoms with Gasteiger partial charge in [-0.3, -0.25) is 19.9 Å². The minimum absolute atomic E-state index is 0.0188. The molecule has 2 N–H and O–H groups in total. The summed E-state index contributed by atoms with van der Waals surface area (Å²) in [7, 11) is 0. The zero-order valence-corrected chi connectivity index (χ0v) is 11.8. The molecule has 0 radical (unpaired) electrons. The number of aromatic hydroxyl groups is 2.